The van der Waals surface area contributed by atoms with Gasteiger partial charge in [0.2, 0.25) is 11.8 Å². The minimum atomic E-state index is -0.716. The normalized spacial score (nSPS) is 20.4. The van der Waals surface area contributed by atoms with E-state index in [4.69, 9.17) is 0 Å². The fourth-order valence-corrected chi connectivity index (χ4v) is 1.93. The van der Waals surface area contributed by atoms with Gasteiger partial charge in [-0.2, -0.15) is 0 Å². The monoisotopic (exact) mass is 269 g/mol. The van der Waals surface area contributed by atoms with Crippen molar-refractivity contribution < 1.29 is 14.4 Å². The van der Waals surface area contributed by atoms with Crippen LogP contribution in [0.15, 0.2) is 0 Å². The molecule has 19 heavy (non-hydrogen) atoms. The Balaban J connectivity index is 2.68. The third kappa shape index (κ3) is 3.76. The molecule has 4 amide bonds. The number of likely N-dealkylation sites (N-methyl/N-ethyl adjacent to an activating group) is 1. The molecule has 1 unspecified atom stereocenters. The van der Waals surface area contributed by atoms with Crippen molar-refractivity contribution in [3.05, 3.63) is 0 Å². The standard InChI is InChI=1S/C13H23N3O3/c1-5-6-10-11(17)14-13(19)16(12(10)18)8-7-15(4)9(2)3/h9-10H,5-8H2,1-4H3,(H,14,17,19). The SMILES string of the molecule is CCCC1C(=O)NC(=O)N(CCN(C)C(C)C)C1=O. The summed E-state index contributed by atoms with van der Waals surface area (Å²) in [5.41, 5.74) is 0. The quantitative estimate of drug-likeness (QED) is 0.725. The van der Waals surface area contributed by atoms with Gasteiger partial charge in [0.05, 0.1) is 0 Å². The van der Waals surface area contributed by atoms with Crippen molar-refractivity contribution in [1.82, 2.24) is 15.1 Å². The lowest BCUT2D eigenvalue weighted by Crippen LogP contribution is -2.59. The van der Waals surface area contributed by atoms with E-state index >= 15 is 0 Å². The maximum absolute atomic E-state index is 12.1. The van der Waals surface area contributed by atoms with Gasteiger partial charge >= 0.3 is 6.03 Å². The molecule has 1 rings (SSSR count). The van der Waals surface area contributed by atoms with Crippen molar-refractivity contribution in [2.45, 2.75) is 39.7 Å². The molecular formula is C13H23N3O3. The number of barbiturate groups is 1. The first-order valence-electron chi connectivity index (χ1n) is 6.74. The Morgan fingerprint density at radius 2 is 1.95 bits per heavy atom. The Hall–Kier alpha value is -1.43. The van der Waals surface area contributed by atoms with Gasteiger partial charge in [-0.25, -0.2) is 4.79 Å². The molecule has 1 aliphatic heterocycles. The van der Waals surface area contributed by atoms with Crippen LogP contribution in [0, 0.1) is 5.92 Å². The Labute approximate surface area is 114 Å². The second kappa shape index (κ2) is 6.65. The molecule has 108 valence electrons. The molecule has 0 bridgehead atoms. The van der Waals surface area contributed by atoms with E-state index in [1.54, 1.807) is 0 Å². The molecule has 1 heterocycles. The van der Waals surface area contributed by atoms with Gasteiger partial charge in [0.15, 0.2) is 0 Å². The highest BCUT2D eigenvalue weighted by Gasteiger charge is 2.39. The lowest BCUT2D eigenvalue weighted by molar-refractivity contribution is -0.143. The maximum Gasteiger partial charge on any atom is 0.330 e. The number of hydrogen-bond acceptors (Lipinski definition) is 4. The van der Waals surface area contributed by atoms with Crippen LogP contribution < -0.4 is 5.32 Å². The number of imide groups is 2. The smallest absolute Gasteiger partial charge is 0.302 e. The highest BCUT2D eigenvalue weighted by Crippen LogP contribution is 2.15. The summed E-state index contributed by atoms with van der Waals surface area (Å²) in [5, 5.41) is 2.26. The summed E-state index contributed by atoms with van der Waals surface area (Å²) < 4.78 is 0. The van der Waals surface area contributed by atoms with E-state index in [2.05, 4.69) is 5.32 Å². The number of urea groups is 1. The largest absolute Gasteiger partial charge is 0.330 e. The van der Waals surface area contributed by atoms with E-state index in [9.17, 15) is 14.4 Å². The third-order valence-electron chi connectivity index (χ3n) is 3.49. The molecule has 0 aromatic rings. The molecule has 1 fully saturated rings. The van der Waals surface area contributed by atoms with Gasteiger partial charge in [0.1, 0.15) is 5.92 Å². The van der Waals surface area contributed by atoms with E-state index in [1.807, 2.05) is 32.7 Å². The molecule has 1 aliphatic rings. The van der Waals surface area contributed by atoms with Crippen LogP contribution in [0.5, 0.6) is 0 Å². The van der Waals surface area contributed by atoms with E-state index in [0.717, 1.165) is 11.3 Å². The summed E-state index contributed by atoms with van der Waals surface area (Å²) in [6.07, 6.45) is 1.21. The van der Waals surface area contributed by atoms with Crippen LogP contribution in [-0.4, -0.2) is 53.8 Å². The average molecular weight is 269 g/mol. The first-order valence-corrected chi connectivity index (χ1v) is 6.74. The third-order valence-corrected chi connectivity index (χ3v) is 3.49. The number of hydrogen-bond donors (Lipinski definition) is 1. The highest BCUT2D eigenvalue weighted by atomic mass is 16.2. The molecule has 0 spiro atoms. The fraction of sp³-hybridized carbons (Fsp3) is 0.769. The predicted octanol–water partition coefficient (Wildman–Crippen LogP) is 0.821. The molecular weight excluding hydrogens is 246 g/mol. The number of carbonyl (C=O) groups excluding carboxylic acids is 3. The molecule has 0 saturated carbocycles. The molecule has 6 heteroatoms. The first-order chi connectivity index (χ1) is 8.88. The molecule has 0 aliphatic carbocycles. The van der Waals surface area contributed by atoms with Crippen LogP contribution in [-0.2, 0) is 9.59 Å². The van der Waals surface area contributed by atoms with Crippen LogP contribution in [0.4, 0.5) is 4.79 Å². The molecule has 1 atom stereocenters. The molecule has 0 aromatic carbocycles. The minimum absolute atomic E-state index is 0.312. The molecule has 0 aromatic heterocycles. The van der Waals surface area contributed by atoms with Crippen molar-refractivity contribution in [3.8, 4) is 0 Å². The number of amides is 4. The van der Waals surface area contributed by atoms with Crippen LogP contribution in [0.25, 0.3) is 0 Å². The zero-order valence-corrected chi connectivity index (χ0v) is 12.1. The van der Waals surface area contributed by atoms with Gasteiger partial charge in [-0.3, -0.25) is 19.8 Å². The zero-order chi connectivity index (χ0) is 14.6. The number of rotatable bonds is 6. The maximum atomic E-state index is 12.1. The predicted molar refractivity (Wildman–Crippen MR) is 71.4 cm³/mol. The van der Waals surface area contributed by atoms with Gasteiger partial charge in [0, 0.05) is 19.1 Å². The number of nitrogens with zero attached hydrogens (tertiary/aromatic N) is 2. The summed E-state index contributed by atoms with van der Waals surface area (Å²) in [6, 6.07) is -0.254. The first kappa shape index (κ1) is 15.6. The Bertz CT molecular complexity index is 368. The van der Waals surface area contributed by atoms with Gasteiger partial charge in [-0.15, -0.1) is 0 Å². The van der Waals surface area contributed by atoms with Crippen LogP contribution in [0.1, 0.15) is 33.6 Å². The summed E-state index contributed by atoms with van der Waals surface area (Å²) in [6.45, 7) is 6.91. The van der Waals surface area contributed by atoms with Crippen molar-refractivity contribution in [2.24, 2.45) is 5.92 Å². The lowest BCUT2D eigenvalue weighted by atomic mass is 9.99. The summed E-state index contributed by atoms with van der Waals surface area (Å²) in [4.78, 5) is 38.7. The van der Waals surface area contributed by atoms with E-state index in [-0.39, 0.29) is 5.91 Å². The Morgan fingerprint density at radius 1 is 1.32 bits per heavy atom. The molecule has 1 saturated heterocycles. The summed E-state index contributed by atoms with van der Waals surface area (Å²) >= 11 is 0. The van der Waals surface area contributed by atoms with Crippen molar-refractivity contribution in [2.75, 3.05) is 20.1 Å². The van der Waals surface area contributed by atoms with Gasteiger partial charge in [0.25, 0.3) is 0 Å². The van der Waals surface area contributed by atoms with Crippen molar-refractivity contribution in [1.29, 1.82) is 0 Å². The fourth-order valence-electron chi connectivity index (χ4n) is 1.93. The summed E-state index contributed by atoms with van der Waals surface area (Å²) in [7, 11) is 1.94. The van der Waals surface area contributed by atoms with E-state index in [0.29, 0.717) is 25.6 Å². The minimum Gasteiger partial charge on any atom is -0.302 e. The zero-order valence-electron chi connectivity index (χ0n) is 12.1. The Morgan fingerprint density at radius 3 is 2.47 bits per heavy atom. The van der Waals surface area contributed by atoms with E-state index < -0.39 is 17.9 Å². The van der Waals surface area contributed by atoms with Crippen LogP contribution in [0.2, 0.25) is 0 Å². The summed E-state index contributed by atoms with van der Waals surface area (Å²) in [5.74, 6) is -1.55. The lowest BCUT2D eigenvalue weighted by Gasteiger charge is -2.32. The number of nitrogens with one attached hydrogen (secondary N) is 1. The topological polar surface area (TPSA) is 69.7 Å². The second-order valence-corrected chi connectivity index (χ2v) is 5.20. The van der Waals surface area contributed by atoms with E-state index in [1.165, 1.54) is 0 Å². The Kier molecular flexibility index (Phi) is 5.47. The molecule has 6 nitrogen and oxygen atoms in total. The van der Waals surface area contributed by atoms with Crippen LogP contribution >= 0.6 is 0 Å². The van der Waals surface area contributed by atoms with Crippen LogP contribution in [0.3, 0.4) is 0 Å². The second-order valence-electron chi connectivity index (χ2n) is 5.20. The van der Waals surface area contributed by atoms with Crippen molar-refractivity contribution in [3.63, 3.8) is 0 Å². The molecule has 0 radical (unpaired) electrons. The average Bonchev–Trinajstić information content (AvgIpc) is 2.33. The molecule has 1 N–H and O–H groups in total. The van der Waals surface area contributed by atoms with Gasteiger partial charge in [-0.05, 0) is 27.3 Å². The number of carbonyl (C=O) groups is 3. The van der Waals surface area contributed by atoms with Gasteiger partial charge in [-0.1, -0.05) is 13.3 Å². The highest BCUT2D eigenvalue weighted by molar-refractivity contribution is 6.16. The van der Waals surface area contributed by atoms with Gasteiger partial charge < -0.3 is 4.90 Å². The van der Waals surface area contributed by atoms with Crippen molar-refractivity contribution >= 4 is 17.8 Å².